The third-order valence-electron chi connectivity index (χ3n) is 4.45. The molecule has 0 amide bonds. The Labute approximate surface area is 126 Å². The van der Waals surface area contributed by atoms with Crippen molar-refractivity contribution in [3.63, 3.8) is 0 Å². The molecule has 0 radical (unpaired) electrons. The molecule has 2 aliphatic carbocycles. The monoisotopic (exact) mass is 291 g/mol. The van der Waals surface area contributed by atoms with Gasteiger partial charge in [0.15, 0.2) is 11.5 Å². The summed E-state index contributed by atoms with van der Waals surface area (Å²) >= 11 is 0. The summed E-state index contributed by atoms with van der Waals surface area (Å²) in [6.07, 6.45) is 4.81. The minimum atomic E-state index is -0.468. The van der Waals surface area contributed by atoms with E-state index in [2.05, 4.69) is 4.90 Å². The zero-order valence-corrected chi connectivity index (χ0v) is 12.9. The van der Waals surface area contributed by atoms with Gasteiger partial charge in [-0.25, -0.2) is 0 Å². The van der Waals surface area contributed by atoms with Crippen LogP contribution in [0.15, 0.2) is 18.2 Å². The molecular formula is C17H25NO3. The lowest BCUT2D eigenvalue weighted by atomic mass is 10.1. The molecule has 0 bridgehead atoms. The fourth-order valence-electron chi connectivity index (χ4n) is 2.83. The third kappa shape index (κ3) is 3.69. The molecule has 3 rings (SSSR count). The van der Waals surface area contributed by atoms with Gasteiger partial charge >= 0.3 is 0 Å². The summed E-state index contributed by atoms with van der Waals surface area (Å²) in [7, 11) is 3.25. The molecule has 116 valence electrons. The van der Waals surface area contributed by atoms with Crippen molar-refractivity contribution >= 4 is 0 Å². The summed E-state index contributed by atoms with van der Waals surface area (Å²) in [4.78, 5) is 2.47. The number of hydrogen-bond donors (Lipinski definition) is 1. The van der Waals surface area contributed by atoms with Crippen molar-refractivity contribution in [3.05, 3.63) is 23.8 Å². The van der Waals surface area contributed by atoms with Gasteiger partial charge < -0.3 is 14.6 Å². The third-order valence-corrected chi connectivity index (χ3v) is 4.45. The zero-order chi connectivity index (χ0) is 14.8. The molecule has 21 heavy (non-hydrogen) atoms. The van der Waals surface area contributed by atoms with E-state index in [1.807, 2.05) is 18.2 Å². The van der Waals surface area contributed by atoms with Crippen molar-refractivity contribution in [1.29, 1.82) is 0 Å². The standard InChI is InChI=1S/C17H25NO3/c1-20-16-8-5-13(9-17(16)21-2)15(19)11-18(14-6-7-14)10-12-3-4-12/h5,8-9,12,14-15,19H,3-4,6-7,10-11H2,1-2H3. The maximum atomic E-state index is 10.5. The lowest BCUT2D eigenvalue weighted by Crippen LogP contribution is -2.32. The van der Waals surface area contributed by atoms with Crippen LogP contribution in [0.4, 0.5) is 0 Å². The summed E-state index contributed by atoms with van der Waals surface area (Å²) in [5.41, 5.74) is 0.897. The molecule has 1 aromatic rings. The van der Waals surface area contributed by atoms with E-state index in [4.69, 9.17) is 9.47 Å². The second-order valence-electron chi connectivity index (χ2n) is 6.26. The van der Waals surface area contributed by atoms with Crippen LogP contribution in [0.5, 0.6) is 11.5 Å². The highest BCUT2D eigenvalue weighted by molar-refractivity contribution is 5.43. The van der Waals surface area contributed by atoms with E-state index in [9.17, 15) is 5.11 Å². The lowest BCUT2D eigenvalue weighted by Gasteiger charge is -2.25. The molecule has 4 heteroatoms. The van der Waals surface area contributed by atoms with Gasteiger partial charge in [-0.15, -0.1) is 0 Å². The fraction of sp³-hybridized carbons (Fsp3) is 0.647. The average Bonchev–Trinajstić information content (AvgIpc) is 3.38. The Bertz CT molecular complexity index is 483. The molecule has 0 heterocycles. The van der Waals surface area contributed by atoms with E-state index in [-0.39, 0.29) is 0 Å². The quantitative estimate of drug-likeness (QED) is 0.799. The Morgan fingerprint density at radius 2 is 1.86 bits per heavy atom. The first kappa shape index (κ1) is 14.7. The van der Waals surface area contributed by atoms with Gasteiger partial charge in [0, 0.05) is 19.1 Å². The number of aliphatic hydroxyl groups is 1. The van der Waals surface area contributed by atoms with Crippen LogP contribution in [-0.2, 0) is 0 Å². The van der Waals surface area contributed by atoms with E-state index in [0.29, 0.717) is 17.5 Å². The van der Waals surface area contributed by atoms with Crippen LogP contribution in [0.1, 0.15) is 37.4 Å². The van der Waals surface area contributed by atoms with Crippen LogP contribution in [0.3, 0.4) is 0 Å². The Morgan fingerprint density at radius 1 is 1.14 bits per heavy atom. The van der Waals surface area contributed by atoms with Crippen molar-refractivity contribution in [3.8, 4) is 11.5 Å². The van der Waals surface area contributed by atoms with Crippen LogP contribution in [0.2, 0.25) is 0 Å². The first-order chi connectivity index (χ1) is 10.2. The maximum Gasteiger partial charge on any atom is 0.161 e. The number of nitrogens with zero attached hydrogens (tertiary/aromatic N) is 1. The SMILES string of the molecule is COc1ccc(C(O)CN(CC2CC2)C2CC2)cc1OC. The summed E-state index contributed by atoms with van der Waals surface area (Å²) < 4.78 is 10.6. The topological polar surface area (TPSA) is 41.9 Å². The first-order valence-electron chi connectivity index (χ1n) is 7.85. The van der Waals surface area contributed by atoms with Gasteiger partial charge in [-0.3, -0.25) is 4.90 Å². The van der Waals surface area contributed by atoms with E-state index < -0.39 is 6.10 Å². The van der Waals surface area contributed by atoms with Crippen LogP contribution >= 0.6 is 0 Å². The molecule has 1 N–H and O–H groups in total. The largest absolute Gasteiger partial charge is 0.493 e. The molecule has 1 aromatic carbocycles. The molecule has 0 aliphatic heterocycles. The van der Waals surface area contributed by atoms with Crippen molar-refractivity contribution in [1.82, 2.24) is 4.90 Å². The second-order valence-corrected chi connectivity index (χ2v) is 6.26. The van der Waals surface area contributed by atoms with E-state index in [1.165, 1.54) is 25.7 Å². The van der Waals surface area contributed by atoms with Gasteiger partial charge in [0.1, 0.15) is 0 Å². The highest BCUT2D eigenvalue weighted by Crippen LogP contribution is 2.36. The summed E-state index contributed by atoms with van der Waals surface area (Å²) in [5.74, 6) is 2.24. The molecule has 4 nitrogen and oxygen atoms in total. The smallest absolute Gasteiger partial charge is 0.161 e. The Morgan fingerprint density at radius 3 is 2.43 bits per heavy atom. The van der Waals surface area contributed by atoms with E-state index >= 15 is 0 Å². The Balaban J connectivity index is 1.66. The molecule has 0 aromatic heterocycles. The van der Waals surface area contributed by atoms with Gasteiger partial charge in [-0.05, 0) is 49.3 Å². The number of aliphatic hydroxyl groups excluding tert-OH is 1. The van der Waals surface area contributed by atoms with Gasteiger partial charge in [0.25, 0.3) is 0 Å². The molecule has 1 unspecified atom stereocenters. The summed E-state index contributed by atoms with van der Waals surface area (Å²) in [5, 5.41) is 10.5. The first-order valence-corrected chi connectivity index (χ1v) is 7.85. The Kier molecular flexibility index (Phi) is 4.36. The Hall–Kier alpha value is -1.26. The minimum absolute atomic E-state index is 0.468. The highest BCUT2D eigenvalue weighted by Gasteiger charge is 2.34. The molecule has 2 aliphatic rings. The van der Waals surface area contributed by atoms with Crippen LogP contribution < -0.4 is 9.47 Å². The number of benzene rings is 1. The fourth-order valence-corrected chi connectivity index (χ4v) is 2.83. The maximum absolute atomic E-state index is 10.5. The van der Waals surface area contributed by atoms with Crippen LogP contribution in [-0.4, -0.2) is 43.4 Å². The number of rotatable bonds is 8. The normalized spacial score (nSPS) is 19.6. The highest BCUT2D eigenvalue weighted by atomic mass is 16.5. The molecule has 0 saturated heterocycles. The van der Waals surface area contributed by atoms with Crippen molar-refractivity contribution in [2.45, 2.75) is 37.8 Å². The van der Waals surface area contributed by atoms with Gasteiger partial charge in [0.2, 0.25) is 0 Å². The lowest BCUT2D eigenvalue weighted by molar-refractivity contribution is 0.105. The van der Waals surface area contributed by atoms with Gasteiger partial charge in [-0.1, -0.05) is 6.07 Å². The molecular weight excluding hydrogens is 266 g/mol. The number of methoxy groups -OCH3 is 2. The predicted octanol–water partition coefficient (Wildman–Crippen LogP) is 2.61. The van der Waals surface area contributed by atoms with Crippen molar-refractivity contribution in [2.24, 2.45) is 5.92 Å². The minimum Gasteiger partial charge on any atom is -0.493 e. The summed E-state index contributed by atoms with van der Waals surface area (Å²) in [6, 6.07) is 6.36. The molecule has 0 spiro atoms. The van der Waals surface area contributed by atoms with Crippen molar-refractivity contribution in [2.75, 3.05) is 27.3 Å². The second kappa shape index (κ2) is 6.24. The summed E-state index contributed by atoms with van der Waals surface area (Å²) in [6.45, 7) is 1.87. The van der Waals surface area contributed by atoms with E-state index in [0.717, 1.165) is 24.6 Å². The molecule has 1 atom stereocenters. The number of hydrogen-bond acceptors (Lipinski definition) is 4. The number of ether oxygens (including phenoxy) is 2. The van der Waals surface area contributed by atoms with Crippen molar-refractivity contribution < 1.29 is 14.6 Å². The molecule has 2 fully saturated rings. The van der Waals surface area contributed by atoms with Crippen LogP contribution in [0.25, 0.3) is 0 Å². The predicted molar refractivity (Wildman–Crippen MR) is 81.8 cm³/mol. The molecule has 2 saturated carbocycles. The van der Waals surface area contributed by atoms with Gasteiger partial charge in [0.05, 0.1) is 20.3 Å². The van der Waals surface area contributed by atoms with Gasteiger partial charge in [-0.2, -0.15) is 0 Å². The average molecular weight is 291 g/mol. The zero-order valence-electron chi connectivity index (χ0n) is 12.9. The van der Waals surface area contributed by atoms with E-state index in [1.54, 1.807) is 14.2 Å². The van der Waals surface area contributed by atoms with Crippen LogP contribution in [0, 0.1) is 5.92 Å².